The van der Waals surface area contributed by atoms with E-state index in [2.05, 4.69) is 20.6 Å². The van der Waals surface area contributed by atoms with Gasteiger partial charge in [-0.05, 0) is 50.8 Å². The first-order valence-corrected chi connectivity index (χ1v) is 10.8. The number of esters is 1. The third kappa shape index (κ3) is 5.63. The number of nitrogens with one attached hydrogen (secondary N) is 2. The molecule has 34 heavy (non-hydrogen) atoms. The SMILES string of the molecule is COC(=O)Cc1nc(C)nc(NC(C)c2cccc(C(F)(F)F)c2C)c1CNC1(C(F)F)CC1. The van der Waals surface area contributed by atoms with Crippen molar-refractivity contribution < 1.29 is 31.5 Å². The second-order valence-corrected chi connectivity index (χ2v) is 8.49. The van der Waals surface area contributed by atoms with Gasteiger partial charge in [-0.25, -0.2) is 18.7 Å². The zero-order chi connectivity index (χ0) is 25.3. The van der Waals surface area contributed by atoms with Gasteiger partial charge in [0.15, 0.2) is 0 Å². The first-order chi connectivity index (χ1) is 15.9. The van der Waals surface area contributed by atoms with Gasteiger partial charge in [0.05, 0.1) is 36.4 Å². The Morgan fingerprint density at radius 3 is 2.44 bits per heavy atom. The Labute approximate surface area is 194 Å². The second-order valence-electron chi connectivity index (χ2n) is 8.49. The third-order valence-corrected chi connectivity index (χ3v) is 6.07. The van der Waals surface area contributed by atoms with Crippen LogP contribution in [-0.2, 0) is 28.7 Å². The number of aromatic nitrogens is 2. The standard InChI is InChI=1S/C23H27F5N4O2/c1-12-15(6-5-7-17(12)23(26,27)28)13(2)30-20-16(11-29-22(8-9-22)21(24)25)18(10-19(33)34-4)31-14(3)32-20/h5-7,13,21,29H,8-11H2,1-4H3,(H,30,31,32). The number of alkyl halides is 5. The lowest BCUT2D eigenvalue weighted by atomic mass is 9.97. The van der Waals surface area contributed by atoms with Crippen molar-refractivity contribution in [3.05, 3.63) is 52.0 Å². The number of hydrogen-bond acceptors (Lipinski definition) is 6. The van der Waals surface area contributed by atoms with Gasteiger partial charge in [0, 0.05) is 12.1 Å². The van der Waals surface area contributed by atoms with Crippen molar-refractivity contribution in [3.8, 4) is 0 Å². The molecule has 0 aliphatic heterocycles. The lowest BCUT2D eigenvalue weighted by Crippen LogP contribution is -2.38. The van der Waals surface area contributed by atoms with Crippen LogP contribution in [0.4, 0.5) is 27.8 Å². The molecule has 0 radical (unpaired) electrons. The summed E-state index contributed by atoms with van der Waals surface area (Å²) in [7, 11) is 1.22. The van der Waals surface area contributed by atoms with Crippen LogP contribution in [0.5, 0.6) is 0 Å². The summed E-state index contributed by atoms with van der Waals surface area (Å²) in [4.78, 5) is 20.6. The summed E-state index contributed by atoms with van der Waals surface area (Å²) in [6.07, 6.45) is -6.64. The highest BCUT2D eigenvalue weighted by Gasteiger charge is 2.50. The van der Waals surface area contributed by atoms with E-state index < -0.39 is 35.7 Å². The summed E-state index contributed by atoms with van der Waals surface area (Å²) < 4.78 is 71.7. The number of rotatable bonds is 9. The van der Waals surface area contributed by atoms with Gasteiger partial charge in [-0.2, -0.15) is 13.2 Å². The Morgan fingerprint density at radius 2 is 1.88 bits per heavy atom. The Balaban J connectivity index is 1.97. The number of ether oxygens (including phenoxy) is 1. The lowest BCUT2D eigenvalue weighted by Gasteiger charge is -2.24. The molecule has 0 amide bonds. The molecule has 1 aliphatic carbocycles. The summed E-state index contributed by atoms with van der Waals surface area (Å²) in [5.74, 6) is 0.00320. The van der Waals surface area contributed by atoms with Crippen LogP contribution in [0.25, 0.3) is 0 Å². The largest absolute Gasteiger partial charge is 0.469 e. The molecule has 1 heterocycles. The zero-order valence-electron chi connectivity index (χ0n) is 19.3. The Morgan fingerprint density at radius 1 is 1.21 bits per heavy atom. The number of methoxy groups -OCH3 is 1. The summed E-state index contributed by atoms with van der Waals surface area (Å²) in [5.41, 5.74) is -0.866. The highest BCUT2D eigenvalue weighted by Crippen LogP contribution is 2.41. The first kappa shape index (κ1) is 25.8. The van der Waals surface area contributed by atoms with Gasteiger partial charge in [-0.1, -0.05) is 12.1 Å². The van der Waals surface area contributed by atoms with Gasteiger partial charge < -0.3 is 15.4 Å². The Kier molecular flexibility index (Phi) is 7.44. The normalized spacial score (nSPS) is 15.8. The van der Waals surface area contributed by atoms with Gasteiger partial charge >= 0.3 is 12.1 Å². The molecule has 1 atom stereocenters. The molecule has 1 saturated carbocycles. The lowest BCUT2D eigenvalue weighted by molar-refractivity contribution is -0.140. The molecule has 2 aromatic rings. The molecule has 1 aromatic heterocycles. The fraction of sp³-hybridized carbons (Fsp3) is 0.522. The number of aryl methyl sites for hydroxylation is 1. The molecule has 1 fully saturated rings. The number of hydrogen-bond donors (Lipinski definition) is 2. The average molecular weight is 486 g/mol. The van der Waals surface area contributed by atoms with Crippen LogP contribution < -0.4 is 10.6 Å². The zero-order valence-corrected chi connectivity index (χ0v) is 19.3. The van der Waals surface area contributed by atoms with Gasteiger partial charge in [0.25, 0.3) is 6.43 Å². The molecule has 6 nitrogen and oxygen atoms in total. The highest BCUT2D eigenvalue weighted by atomic mass is 19.4. The number of carbonyl (C=O) groups excluding carboxylic acids is 1. The van der Waals surface area contributed by atoms with Crippen molar-refractivity contribution in [2.45, 2.75) is 70.8 Å². The minimum atomic E-state index is -4.50. The Bertz CT molecular complexity index is 1050. The topological polar surface area (TPSA) is 76.1 Å². The van der Waals surface area contributed by atoms with Crippen LogP contribution in [-0.4, -0.2) is 35.0 Å². The van der Waals surface area contributed by atoms with Crippen molar-refractivity contribution >= 4 is 11.8 Å². The van der Waals surface area contributed by atoms with Crippen LogP contribution in [0.3, 0.4) is 0 Å². The van der Waals surface area contributed by atoms with Crippen LogP contribution in [0.1, 0.15) is 59.6 Å². The molecule has 0 saturated heterocycles. The van der Waals surface area contributed by atoms with Gasteiger partial charge in [-0.3, -0.25) is 4.79 Å². The van der Waals surface area contributed by atoms with Crippen LogP contribution in [0, 0.1) is 13.8 Å². The van der Waals surface area contributed by atoms with E-state index in [-0.39, 0.29) is 24.3 Å². The van der Waals surface area contributed by atoms with Crippen molar-refractivity contribution in [1.82, 2.24) is 15.3 Å². The maximum atomic E-state index is 13.4. The molecule has 1 aromatic carbocycles. The van der Waals surface area contributed by atoms with E-state index in [1.807, 2.05) is 0 Å². The molecule has 1 aliphatic rings. The molecule has 186 valence electrons. The molecule has 2 N–H and O–H groups in total. The molecule has 0 bridgehead atoms. The maximum absolute atomic E-state index is 13.4. The van der Waals surface area contributed by atoms with Crippen molar-refractivity contribution in [1.29, 1.82) is 0 Å². The van der Waals surface area contributed by atoms with Crippen molar-refractivity contribution in [2.75, 3.05) is 12.4 Å². The smallest absolute Gasteiger partial charge is 0.416 e. The molecule has 11 heteroatoms. The van der Waals surface area contributed by atoms with Gasteiger partial charge in [0.2, 0.25) is 0 Å². The molecule has 0 spiro atoms. The number of nitrogens with zero attached hydrogens (tertiary/aromatic N) is 2. The van der Waals surface area contributed by atoms with E-state index in [0.29, 0.717) is 35.5 Å². The minimum Gasteiger partial charge on any atom is -0.469 e. The quantitative estimate of drug-likeness (QED) is 0.388. The molecular weight excluding hydrogens is 459 g/mol. The summed E-state index contributed by atoms with van der Waals surface area (Å²) in [5, 5.41) is 5.97. The predicted octanol–water partition coefficient (Wildman–Crippen LogP) is 4.89. The van der Waals surface area contributed by atoms with Gasteiger partial charge in [-0.15, -0.1) is 0 Å². The minimum absolute atomic E-state index is 0.0480. The predicted molar refractivity (Wildman–Crippen MR) is 116 cm³/mol. The van der Waals surface area contributed by atoms with Crippen LogP contribution in [0.2, 0.25) is 0 Å². The average Bonchev–Trinajstić information content (AvgIpc) is 3.53. The van der Waals surface area contributed by atoms with E-state index in [4.69, 9.17) is 4.74 Å². The van der Waals surface area contributed by atoms with E-state index >= 15 is 0 Å². The monoisotopic (exact) mass is 486 g/mol. The molecule has 1 unspecified atom stereocenters. The van der Waals surface area contributed by atoms with Crippen LogP contribution in [0.15, 0.2) is 18.2 Å². The number of benzene rings is 1. The molecule has 3 rings (SSSR count). The highest BCUT2D eigenvalue weighted by molar-refractivity contribution is 5.73. The second kappa shape index (κ2) is 9.81. The number of halogens is 5. The van der Waals surface area contributed by atoms with Gasteiger partial charge in [0.1, 0.15) is 11.6 Å². The third-order valence-electron chi connectivity index (χ3n) is 6.07. The summed E-state index contributed by atoms with van der Waals surface area (Å²) in [6, 6.07) is 3.33. The fourth-order valence-corrected chi connectivity index (χ4v) is 3.90. The molecular formula is C23H27F5N4O2. The summed E-state index contributed by atoms with van der Waals surface area (Å²) >= 11 is 0. The van der Waals surface area contributed by atoms with Crippen molar-refractivity contribution in [3.63, 3.8) is 0 Å². The maximum Gasteiger partial charge on any atom is 0.416 e. The van der Waals surface area contributed by atoms with E-state index in [1.54, 1.807) is 19.9 Å². The van der Waals surface area contributed by atoms with Crippen molar-refractivity contribution in [2.24, 2.45) is 0 Å². The number of anilines is 1. The van der Waals surface area contributed by atoms with E-state index in [0.717, 1.165) is 6.07 Å². The van der Waals surface area contributed by atoms with E-state index in [1.165, 1.54) is 20.1 Å². The first-order valence-electron chi connectivity index (χ1n) is 10.8. The fourth-order valence-electron chi connectivity index (χ4n) is 3.90. The van der Waals surface area contributed by atoms with Crippen LogP contribution >= 0.6 is 0 Å². The Hall–Kier alpha value is -2.82. The van der Waals surface area contributed by atoms with E-state index in [9.17, 15) is 26.7 Å². The number of carbonyl (C=O) groups is 1. The summed E-state index contributed by atoms with van der Waals surface area (Å²) in [6.45, 7) is 4.63.